The lowest BCUT2D eigenvalue weighted by molar-refractivity contribution is 0.235. The molecule has 0 bridgehead atoms. The molecule has 1 fully saturated rings. The lowest BCUT2D eigenvalue weighted by Gasteiger charge is -2.29. The van der Waals surface area contributed by atoms with Crippen LogP contribution >= 0.6 is 0 Å². The van der Waals surface area contributed by atoms with Gasteiger partial charge in [-0.15, -0.1) is 0 Å². The van der Waals surface area contributed by atoms with Gasteiger partial charge in [0.2, 0.25) is 0 Å². The Bertz CT molecular complexity index is 952. The Balaban J connectivity index is 1.36. The zero-order valence-corrected chi connectivity index (χ0v) is 16.2. The molecule has 27 heavy (non-hydrogen) atoms. The topological polar surface area (TPSA) is 34.0 Å². The lowest BCUT2D eigenvalue weighted by Crippen LogP contribution is -2.32. The third-order valence-corrected chi connectivity index (χ3v) is 6.45. The van der Waals surface area contributed by atoms with Crippen molar-refractivity contribution in [2.24, 2.45) is 7.05 Å². The smallest absolute Gasteiger partial charge is 0.131 e. The van der Waals surface area contributed by atoms with E-state index < -0.39 is 0 Å². The molecule has 5 rings (SSSR count). The maximum atomic E-state index is 5.03. The molecule has 4 nitrogen and oxygen atoms in total. The van der Waals surface area contributed by atoms with Crippen molar-refractivity contribution in [2.75, 3.05) is 6.54 Å². The van der Waals surface area contributed by atoms with Crippen molar-refractivity contribution in [3.05, 3.63) is 59.3 Å². The highest BCUT2D eigenvalue weighted by atomic mass is 15.2. The largest absolute Gasteiger partial charge is 0.346 e. The molecule has 3 heterocycles. The van der Waals surface area contributed by atoms with E-state index in [0.29, 0.717) is 5.92 Å². The van der Waals surface area contributed by atoms with E-state index in [2.05, 4.69) is 53.0 Å². The van der Waals surface area contributed by atoms with Gasteiger partial charge in [-0.1, -0.05) is 37.5 Å². The summed E-state index contributed by atoms with van der Waals surface area (Å²) in [5.74, 6) is 1.68. The zero-order valence-electron chi connectivity index (χ0n) is 16.2. The van der Waals surface area contributed by atoms with E-state index in [9.17, 15) is 0 Å². The summed E-state index contributed by atoms with van der Waals surface area (Å²) in [6, 6.07) is 11.0. The molecule has 1 aliphatic carbocycles. The Labute approximate surface area is 161 Å². The highest BCUT2D eigenvalue weighted by molar-refractivity contribution is 5.81. The molecule has 140 valence electrons. The fourth-order valence-electron chi connectivity index (χ4n) is 4.79. The third kappa shape index (κ3) is 3.27. The Morgan fingerprint density at radius 3 is 2.81 bits per heavy atom. The van der Waals surface area contributed by atoms with Crippen LogP contribution in [0.5, 0.6) is 0 Å². The van der Waals surface area contributed by atoms with Gasteiger partial charge in [-0.25, -0.2) is 9.97 Å². The highest BCUT2D eigenvalue weighted by Crippen LogP contribution is 2.31. The first-order chi connectivity index (χ1) is 13.3. The van der Waals surface area contributed by atoms with Crippen LogP contribution in [0, 0.1) is 0 Å². The van der Waals surface area contributed by atoms with Gasteiger partial charge in [0.05, 0.1) is 5.69 Å². The van der Waals surface area contributed by atoms with Crippen LogP contribution < -0.4 is 0 Å². The van der Waals surface area contributed by atoms with Crippen LogP contribution in [0.3, 0.4) is 0 Å². The number of para-hydroxylation sites is 1. The first kappa shape index (κ1) is 16.9. The molecule has 0 spiro atoms. The van der Waals surface area contributed by atoms with Gasteiger partial charge in [0.15, 0.2) is 0 Å². The molecule has 1 aliphatic heterocycles. The van der Waals surface area contributed by atoms with E-state index >= 15 is 0 Å². The first-order valence-corrected chi connectivity index (χ1v) is 10.4. The second-order valence-electron chi connectivity index (χ2n) is 8.25. The first-order valence-electron chi connectivity index (χ1n) is 10.4. The number of aromatic nitrogens is 3. The maximum Gasteiger partial charge on any atom is 0.131 e. The molecular formula is C23H28N4. The van der Waals surface area contributed by atoms with Crippen molar-refractivity contribution in [3.8, 4) is 0 Å². The van der Waals surface area contributed by atoms with Crippen LogP contribution in [0.25, 0.3) is 10.9 Å². The minimum absolute atomic E-state index is 0.581. The number of fused-ring (bicyclic) bond motifs is 2. The molecule has 0 atom stereocenters. The van der Waals surface area contributed by atoms with Crippen LogP contribution in [0.4, 0.5) is 0 Å². The van der Waals surface area contributed by atoms with E-state index in [0.717, 1.165) is 31.9 Å². The summed E-state index contributed by atoms with van der Waals surface area (Å²) in [4.78, 5) is 12.3. The van der Waals surface area contributed by atoms with Crippen molar-refractivity contribution in [2.45, 2.75) is 57.5 Å². The summed E-state index contributed by atoms with van der Waals surface area (Å²) < 4.78 is 2.33. The summed E-state index contributed by atoms with van der Waals surface area (Å²) >= 11 is 0. The van der Waals surface area contributed by atoms with Gasteiger partial charge in [0, 0.05) is 50.0 Å². The number of hydrogen-bond acceptors (Lipinski definition) is 3. The van der Waals surface area contributed by atoms with E-state index in [1.165, 1.54) is 60.0 Å². The molecule has 0 amide bonds. The van der Waals surface area contributed by atoms with Crippen molar-refractivity contribution >= 4 is 10.9 Å². The summed E-state index contributed by atoms with van der Waals surface area (Å²) in [5.41, 5.74) is 5.30. The average Bonchev–Trinajstić information content (AvgIpc) is 3.04. The molecule has 0 N–H and O–H groups in total. The Hall–Kier alpha value is -2.20. The Morgan fingerprint density at radius 2 is 1.96 bits per heavy atom. The van der Waals surface area contributed by atoms with Crippen molar-refractivity contribution in [1.82, 2.24) is 19.4 Å². The van der Waals surface area contributed by atoms with E-state index in [1.54, 1.807) is 0 Å². The van der Waals surface area contributed by atoms with Crippen LogP contribution in [0.1, 0.15) is 60.8 Å². The predicted octanol–water partition coefficient (Wildman–Crippen LogP) is 4.57. The summed E-state index contributed by atoms with van der Waals surface area (Å²) in [5, 5.41) is 1.33. The van der Waals surface area contributed by atoms with Crippen molar-refractivity contribution in [3.63, 3.8) is 0 Å². The van der Waals surface area contributed by atoms with Gasteiger partial charge >= 0.3 is 0 Å². The number of rotatable bonds is 3. The number of aryl methyl sites for hydroxylation is 1. The normalized spacial score (nSPS) is 18.7. The van der Waals surface area contributed by atoms with Gasteiger partial charge < -0.3 is 4.57 Å². The second-order valence-corrected chi connectivity index (χ2v) is 8.25. The molecule has 4 heteroatoms. The van der Waals surface area contributed by atoms with Gasteiger partial charge in [-0.05, 0) is 42.3 Å². The molecule has 1 saturated carbocycles. The summed E-state index contributed by atoms with van der Waals surface area (Å²) in [6.07, 6.45) is 9.73. The average molecular weight is 361 g/mol. The molecule has 3 aromatic rings. The Kier molecular flexibility index (Phi) is 4.44. The van der Waals surface area contributed by atoms with E-state index in [4.69, 9.17) is 9.97 Å². The highest BCUT2D eigenvalue weighted by Gasteiger charge is 2.23. The number of nitrogens with zero attached hydrogens (tertiary/aromatic N) is 4. The Morgan fingerprint density at radius 1 is 1.11 bits per heavy atom. The summed E-state index contributed by atoms with van der Waals surface area (Å²) in [6.45, 7) is 3.01. The van der Waals surface area contributed by atoms with Gasteiger partial charge in [-0.2, -0.15) is 0 Å². The fraction of sp³-hybridized carbons (Fsp3) is 0.478. The van der Waals surface area contributed by atoms with Crippen molar-refractivity contribution < 1.29 is 0 Å². The molecule has 2 aliphatic rings. The van der Waals surface area contributed by atoms with Crippen LogP contribution in [0.2, 0.25) is 0 Å². The van der Waals surface area contributed by atoms with E-state index in [-0.39, 0.29) is 0 Å². The van der Waals surface area contributed by atoms with Gasteiger partial charge in [-0.3, -0.25) is 4.90 Å². The SMILES string of the molecule is Cn1c(CN2CCc3cnc(C4CCCCC4)nc3C2)cc2ccccc21. The molecule has 0 radical (unpaired) electrons. The maximum absolute atomic E-state index is 5.03. The molecular weight excluding hydrogens is 332 g/mol. The standard InChI is InChI=1S/C23H28N4/c1-26-20(13-18-9-5-6-10-22(18)26)15-27-12-11-19-14-24-23(25-21(19)16-27)17-7-3-2-4-8-17/h5-6,9-10,13-14,17H,2-4,7-8,11-12,15-16H2,1H3. The van der Waals surface area contributed by atoms with Crippen LogP contribution in [0.15, 0.2) is 36.5 Å². The zero-order chi connectivity index (χ0) is 18.2. The minimum Gasteiger partial charge on any atom is -0.346 e. The molecule has 0 unspecified atom stereocenters. The quantitative estimate of drug-likeness (QED) is 0.686. The number of benzene rings is 1. The lowest BCUT2D eigenvalue weighted by atomic mass is 9.88. The summed E-state index contributed by atoms with van der Waals surface area (Å²) in [7, 11) is 2.18. The molecule has 0 saturated heterocycles. The predicted molar refractivity (Wildman–Crippen MR) is 109 cm³/mol. The second kappa shape index (κ2) is 7.08. The number of hydrogen-bond donors (Lipinski definition) is 0. The van der Waals surface area contributed by atoms with Crippen molar-refractivity contribution in [1.29, 1.82) is 0 Å². The molecule has 1 aromatic carbocycles. The monoisotopic (exact) mass is 360 g/mol. The third-order valence-electron chi connectivity index (χ3n) is 6.45. The van der Waals surface area contributed by atoms with Gasteiger partial charge in [0.25, 0.3) is 0 Å². The van der Waals surface area contributed by atoms with Crippen LogP contribution in [-0.2, 0) is 26.6 Å². The molecule has 2 aromatic heterocycles. The van der Waals surface area contributed by atoms with E-state index in [1.807, 2.05) is 0 Å². The minimum atomic E-state index is 0.581. The fourth-order valence-corrected chi connectivity index (χ4v) is 4.79. The van der Waals surface area contributed by atoms with Gasteiger partial charge in [0.1, 0.15) is 5.82 Å². The van der Waals surface area contributed by atoms with Crippen LogP contribution in [-0.4, -0.2) is 26.0 Å².